The van der Waals surface area contributed by atoms with Crippen LogP contribution in [0.4, 0.5) is 13.2 Å². The fourth-order valence-corrected chi connectivity index (χ4v) is 2.65. The Morgan fingerprint density at radius 2 is 1.89 bits per heavy atom. The summed E-state index contributed by atoms with van der Waals surface area (Å²) in [6, 6.07) is 0. The van der Waals surface area contributed by atoms with Crippen LogP contribution in [0.1, 0.15) is 45.4 Å². The first-order valence-corrected chi connectivity index (χ1v) is 6.87. The number of rotatable bonds is 6. The molecule has 19 heavy (non-hydrogen) atoms. The normalized spacial score (nSPS) is 22.8. The van der Waals surface area contributed by atoms with Crippen LogP contribution in [0.3, 0.4) is 0 Å². The van der Waals surface area contributed by atoms with Gasteiger partial charge >= 0.3 is 6.18 Å². The van der Waals surface area contributed by atoms with Crippen LogP contribution >= 0.6 is 0 Å². The summed E-state index contributed by atoms with van der Waals surface area (Å²) in [7, 11) is 0. The third-order valence-electron chi connectivity index (χ3n) is 3.74. The molecule has 1 rings (SSSR count). The van der Waals surface area contributed by atoms with Crippen LogP contribution in [0.5, 0.6) is 0 Å². The first-order valence-electron chi connectivity index (χ1n) is 6.87. The van der Waals surface area contributed by atoms with Gasteiger partial charge < -0.3 is 9.84 Å². The van der Waals surface area contributed by atoms with Gasteiger partial charge in [0.2, 0.25) is 0 Å². The van der Waals surface area contributed by atoms with Gasteiger partial charge in [0.05, 0.1) is 12.2 Å². The van der Waals surface area contributed by atoms with Crippen molar-refractivity contribution in [3.8, 4) is 0 Å². The van der Waals surface area contributed by atoms with E-state index in [0.717, 1.165) is 25.7 Å². The van der Waals surface area contributed by atoms with Crippen LogP contribution < -0.4 is 0 Å². The summed E-state index contributed by atoms with van der Waals surface area (Å²) in [6.45, 7) is 4.91. The van der Waals surface area contributed by atoms with Gasteiger partial charge in [-0.2, -0.15) is 13.2 Å². The van der Waals surface area contributed by atoms with E-state index >= 15 is 0 Å². The summed E-state index contributed by atoms with van der Waals surface area (Å²) in [5.74, 6) is 0.273. The van der Waals surface area contributed by atoms with Gasteiger partial charge in [0, 0.05) is 0 Å². The van der Waals surface area contributed by atoms with Crippen molar-refractivity contribution >= 4 is 0 Å². The molecular formula is C14H23F3O2. The molecule has 1 N–H and O–H groups in total. The van der Waals surface area contributed by atoms with Crippen LogP contribution in [0.2, 0.25) is 0 Å². The largest absolute Gasteiger partial charge is 0.416 e. The molecule has 0 aromatic heterocycles. The smallest absolute Gasteiger partial charge is 0.381 e. The quantitative estimate of drug-likeness (QED) is 0.749. The van der Waals surface area contributed by atoms with Crippen molar-refractivity contribution < 1.29 is 23.0 Å². The maximum Gasteiger partial charge on any atom is 0.416 e. The van der Waals surface area contributed by atoms with Crippen molar-refractivity contribution in [2.45, 2.75) is 69.9 Å². The second-order valence-electron chi connectivity index (χ2n) is 5.29. The maximum absolute atomic E-state index is 12.4. The van der Waals surface area contributed by atoms with Gasteiger partial charge in [0.1, 0.15) is 0 Å². The molecule has 0 heterocycles. The Morgan fingerprint density at radius 1 is 1.32 bits per heavy atom. The Kier molecular flexibility index (Phi) is 6.33. The van der Waals surface area contributed by atoms with E-state index in [2.05, 4.69) is 6.58 Å². The number of alkyl halides is 3. The Bertz CT molecular complexity index is 272. The monoisotopic (exact) mass is 280 g/mol. The zero-order valence-corrected chi connectivity index (χ0v) is 11.3. The number of aliphatic hydroxyl groups excluding tert-OH is 1. The van der Waals surface area contributed by atoms with Crippen molar-refractivity contribution in [2.75, 3.05) is 0 Å². The maximum atomic E-state index is 12.4. The molecule has 1 saturated carbocycles. The summed E-state index contributed by atoms with van der Waals surface area (Å²) in [6.07, 6.45) is -1.05. The van der Waals surface area contributed by atoms with Gasteiger partial charge in [-0.05, 0) is 32.1 Å². The van der Waals surface area contributed by atoms with Crippen molar-refractivity contribution in [1.82, 2.24) is 0 Å². The molecule has 1 aliphatic rings. The Balaban J connectivity index is 2.59. The van der Waals surface area contributed by atoms with Crippen molar-refractivity contribution in [3.63, 3.8) is 0 Å². The van der Waals surface area contributed by atoms with Gasteiger partial charge in [0.25, 0.3) is 0 Å². The average Bonchev–Trinajstić information content (AvgIpc) is 2.37. The van der Waals surface area contributed by atoms with Crippen molar-refractivity contribution in [2.24, 2.45) is 5.92 Å². The lowest BCUT2D eigenvalue weighted by atomic mass is 9.84. The Labute approximate surface area is 112 Å². The summed E-state index contributed by atoms with van der Waals surface area (Å²) in [4.78, 5) is 0. The van der Waals surface area contributed by atoms with E-state index in [1.807, 2.05) is 0 Å². The van der Waals surface area contributed by atoms with Gasteiger partial charge in [-0.1, -0.05) is 25.3 Å². The predicted molar refractivity (Wildman–Crippen MR) is 67.8 cm³/mol. The highest BCUT2D eigenvalue weighted by Crippen LogP contribution is 2.32. The van der Waals surface area contributed by atoms with Crippen molar-refractivity contribution in [3.05, 3.63) is 12.7 Å². The predicted octanol–water partition coefficient (Wildman–Crippen LogP) is 3.84. The minimum atomic E-state index is -4.63. The van der Waals surface area contributed by atoms with E-state index in [9.17, 15) is 18.3 Å². The number of aliphatic hydroxyl groups is 1. The molecule has 0 amide bonds. The molecule has 3 atom stereocenters. The number of halogens is 3. The molecule has 0 saturated heterocycles. The molecule has 0 radical (unpaired) electrons. The van der Waals surface area contributed by atoms with E-state index in [0.29, 0.717) is 6.42 Å². The number of ether oxygens (including phenoxy) is 1. The number of hydrogen-bond donors (Lipinski definition) is 1. The van der Waals surface area contributed by atoms with Crippen LogP contribution in [-0.4, -0.2) is 29.6 Å². The molecule has 0 aromatic carbocycles. The molecule has 0 spiro atoms. The summed E-state index contributed by atoms with van der Waals surface area (Å²) >= 11 is 0. The van der Waals surface area contributed by atoms with Gasteiger partial charge in [-0.25, -0.2) is 0 Å². The van der Waals surface area contributed by atoms with E-state index in [-0.39, 0.29) is 12.0 Å². The minimum Gasteiger partial charge on any atom is -0.381 e. The highest BCUT2D eigenvalue weighted by atomic mass is 19.4. The minimum absolute atomic E-state index is 0.273. The highest BCUT2D eigenvalue weighted by Gasteiger charge is 2.43. The van der Waals surface area contributed by atoms with E-state index < -0.39 is 18.4 Å². The summed E-state index contributed by atoms with van der Waals surface area (Å²) in [5, 5.41) is 9.19. The third kappa shape index (κ3) is 5.15. The zero-order valence-electron chi connectivity index (χ0n) is 11.3. The lowest BCUT2D eigenvalue weighted by Crippen LogP contribution is -2.42. The third-order valence-corrected chi connectivity index (χ3v) is 3.74. The second kappa shape index (κ2) is 7.29. The molecule has 0 unspecified atom stereocenters. The fraction of sp³-hybridized carbons (Fsp3) is 0.857. The molecule has 0 aromatic rings. The molecule has 2 nitrogen and oxygen atoms in total. The van der Waals surface area contributed by atoms with E-state index in [1.165, 1.54) is 13.3 Å². The lowest BCUT2D eigenvalue weighted by Gasteiger charge is -2.33. The fourth-order valence-electron chi connectivity index (χ4n) is 2.65. The Morgan fingerprint density at radius 3 is 2.37 bits per heavy atom. The average molecular weight is 280 g/mol. The van der Waals surface area contributed by atoms with Crippen LogP contribution in [-0.2, 0) is 4.74 Å². The number of hydrogen-bond acceptors (Lipinski definition) is 2. The standard InChI is InChI=1S/C14H23F3O2/c1-3-7-12(11-8-5-4-6-9-11)19-10(2)13(18)14(15,16)17/h3,10-13,18H,1,4-9H2,2H3/t10-,12-,13+/m1/s1. The van der Waals surface area contributed by atoms with E-state index in [1.54, 1.807) is 6.08 Å². The zero-order chi connectivity index (χ0) is 14.5. The molecule has 1 fully saturated rings. The molecule has 0 aliphatic heterocycles. The van der Waals surface area contributed by atoms with Gasteiger partial charge in [0.15, 0.2) is 6.10 Å². The highest BCUT2D eigenvalue weighted by molar-refractivity contribution is 4.83. The van der Waals surface area contributed by atoms with Crippen LogP contribution in [0, 0.1) is 5.92 Å². The molecule has 1 aliphatic carbocycles. The SMILES string of the molecule is C=CC[C@@H](O[C@H](C)[C@H](O)C(F)(F)F)C1CCCCC1. The molecular weight excluding hydrogens is 257 g/mol. The summed E-state index contributed by atoms with van der Waals surface area (Å²) < 4.78 is 42.8. The first-order chi connectivity index (χ1) is 8.86. The van der Waals surface area contributed by atoms with Crippen molar-refractivity contribution in [1.29, 1.82) is 0 Å². The summed E-state index contributed by atoms with van der Waals surface area (Å²) in [5.41, 5.74) is 0. The van der Waals surface area contributed by atoms with Gasteiger partial charge in [-0.3, -0.25) is 0 Å². The molecule has 112 valence electrons. The topological polar surface area (TPSA) is 29.5 Å². The Hall–Kier alpha value is -0.550. The second-order valence-corrected chi connectivity index (χ2v) is 5.29. The molecule has 5 heteroatoms. The van der Waals surface area contributed by atoms with Crippen LogP contribution in [0.15, 0.2) is 12.7 Å². The molecule has 0 bridgehead atoms. The lowest BCUT2D eigenvalue weighted by molar-refractivity contribution is -0.242. The van der Waals surface area contributed by atoms with Crippen LogP contribution in [0.25, 0.3) is 0 Å². The van der Waals surface area contributed by atoms with Gasteiger partial charge in [-0.15, -0.1) is 6.58 Å². The van der Waals surface area contributed by atoms with E-state index in [4.69, 9.17) is 4.74 Å². The first kappa shape index (κ1) is 16.5.